The minimum absolute atomic E-state index is 0.323. The molecule has 1 heterocycles. The lowest BCUT2D eigenvalue weighted by molar-refractivity contribution is 0.199. The molecule has 0 aromatic rings. The number of likely N-dealkylation sites (N-methyl/N-ethyl adjacent to an activating group) is 1. The Morgan fingerprint density at radius 1 is 1.47 bits per heavy atom. The average Bonchev–Trinajstić information content (AvgIpc) is 2.82. The Labute approximate surface area is 118 Å². The summed E-state index contributed by atoms with van der Waals surface area (Å²) in [5, 5.41) is 12.5. The van der Waals surface area contributed by atoms with E-state index < -0.39 is 0 Å². The first-order chi connectivity index (χ1) is 9.06. The van der Waals surface area contributed by atoms with Crippen LogP contribution in [0.1, 0.15) is 39.0 Å². The van der Waals surface area contributed by atoms with Gasteiger partial charge in [0, 0.05) is 12.6 Å². The van der Waals surface area contributed by atoms with Gasteiger partial charge in [-0.05, 0) is 66.3 Å². The van der Waals surface area contributed by atoms with Crippen molar-refractivity contribution in [1.82, 2.24) is 15.1 Å². The summed E-state index contributed by atoms with van der Waals surface area (Å²) in [6, 6.07) is 3.16. The van der Waals surface area contributed by atoms with Gasteiger partial charge in [-0.2, -0.15) is 5.26 Å². The highest BCUT2D eigenvalue weighted by molar-refractivity contribution is 5.05. The van der Waals surface area contributed by atoms with Crippen molar-refractivity contribution in [1.29, 1.82) is 5.26 Å². The fraction of sp³-hybridized carbons (Fsp3) is 0.933. The van der Waals surface area contributed by atoms with Crippen molar-refractivity contribution in [3.05, 3.63) is 0 Å². The monoisotopic (exact) mass is 266 g/mol. The van der Waals surface area contributed by atoms with Crippen LogP contribution >= 0.6 is 0 Å². The van der Waals surface area contributed by atoms with Gasteiger partial charge in [0.25, 0.3) is 0 Å². The van der Waals surface area contributed by atoms with Gasteiger partial charge in [0.2, 0.25) is 0 Å². The van der Waals surface area contributed by atoms with Gasteiger partial charge in [0.15, 0.2) is 0 Å². The molecule has 2 unspecified atom stereocenters. The second-order valence-corrected chi connectivity index (χ2v) is 6.00. The smallest absolute Gasteiger partial charge is 0.106 e. The molecule has 0 bridgehead atoms. The highest BCUT2D eigenvalue weighted by Gasteiger charge is 2.28. The molecular weight excluding hydrogens is 236 g/mol. The second-order valence-electron chi connectivity index (χ2n) is 6.00. The van der Waals surface area contributed by atoms with Crippen LogP contribution in [0.5, 0.6) is 0 Å². The number of nitrogens with zero attached hydrogens (tertiary/aromatic N) is 3. The van der Waals surface area contributed by atoms with E-state index in [4.69, 9.17) is 0 Å². The molecule has 0 radical (unpaired) electrons. The minimum atomic E-state index is -0.323. The van der Waals surface area contributed by atoms with Crippen molar-refractivity contribution in [3.63, 3.8) is 0 Å². The maximum Gasteiger partial charge on any atom is 0.106 e. The van der Waals surface area contributed by atoms with Crippen LogP contribution in [0.4, 0.5) is 0 Å². The molecule has 0 aliphatic carbocycles. The fourth-order valence-electron chi connectivity index (χ4n) is 3.07. The van der Waals surface area contributed by atoms with Gasteiger partial charge in [-0.25, -0.2) is 0 Å². The van der Waals surface area contributed by atoms with Crippen molar-refractivity contribution in [3.8, 4) is 6.07 Å². The van der Waals surface area contributed by atoms with Crippen molar-refractivity contribution in [2.45, 2.75) is 50.6 Å². The molecule has 0 spiro atoms. The molecule has 1 saturated heterocycles. The van der Waals surface area contributed by atoms with Crippen LogP contribution in [0, 0.1) is 11.3 Å². The van der Waals surface area contributed by atoms with Crippen LogP contribution in [0.25, 0.3) is 0 Å². The maximum atomic E-state index is 9.31. The van der Waals surface area contributed by atoms with E-state index in [0.29, 0.717) is 6.04 Å². The Balaban J connectivity index is 2.38. The van der Waals surface area contributed by atoms with Crippen molar-refractivity contribution >= 4 is 0 Å². The molecule has 1 aliphatic heterocycles. The molecule has 0 saturated carbocycles. The third-order valence-electron chi connectivity index (χ3n) is 4.42. The Kier molecular flexibility index (Phi) is 6.78. The van der Waals surface area contributed by atoms with Crippen LogP contribution in [-0.4, -0.2) is 62.2 Å². The Bertz CT molecular complexity index is 291. The summed E-state index contributed by atoms with van der Waals surface area (Å²) < 4.78 is 0. The molecule has 1 N–H and O–H groups in total. The quantitative estimate of drug-likeness (QED) is 0.726. The molecule has 1 rings (SSSR count). The lowest BCUT2D eigenvalue weighted by Gasteiger charge is -2.29. The summed E-state index contributed by atoms with van der Waals surface area (Å²) in [6.07, 6.45) is 5.57. The van der Waals surface area contributed by atoms with Gasteiger partial charge < -0.3 is 10.2 Å². The summed E-state index contributed by atoms with van der Waals surface area (Å²) in [5.41, 5.74) is -0.323. The van der Waals surface area contributed by atoms with Crippen LogP contribution in [0.3, 0.4) is 0 Å². The van der Waals surface area contributed by atoms with Gasteiger partial charge >= 0.3 is 0 Å². The molecule has 19 heavy (non-hydrogen) atoms. The highest BCUT2D eigenvalue weighted by atomic mass is 15.2. The molecule has 4 heteroatoms. The van der Waals surface area contributed by atoms with E-state index >= 15 is 0 Å². The number of rotatable bonds is 8. The summed E-state index contributed by atoms with van der Waals surface area (Å²) in [5.74, 6) is 0. The van der Waals surface area contributed by atoms with E-state index in [1.807, 2.05) is 7.05 Å². The molecule has 1 aliphatic rings. The van der Waals surface area contributed by atoms with E-state index in [1.54, 1.807) is 0 Å². The Morgan fingerprint density at radius 2 is 2.21 bits per heavy atom. The van der Waals surface area contributed by atoms with Gasteiger partial charge in [0.05, 0.1) is 6.07 Å². The SMILES string of the molecule is CCC(C#N)(CCCN1CCCC1CN(C)C)NC. The predicted molar refractivity (Wildman–Crippen MR) is 80.1 cm³/mol. The van der Waals surface area contributed by atoms with E-state index in [1.165, 1.54) is 19.4 Å². The van der Waals surface area contributed by atoms with Crippen LogP contribution in [0.2, 0.25) is 0 Å². The standard InChI is InChI=1S/C15H30N4/c1-5-15(13-16,17-2)9-7-11-19-10-6-8-14(19)12-18(3)4/h14,17H,5-12H2,1-4H3. The molecule has 4 nitrogen and oxygen atoms in total. The molecule has 0 aromatic heterocycles. The van der Waals surface area contributed by atoms with Crippen molar-refractivity contribution in [2.75, 3.05) is 40.8 Å². The van der Waals surface area contributed by atoms with Crippen molar-refractivity contribution in [2.24, 2.45) is 0 Å². The van der Waals surface area contributed by atoms with Crippen LogP contribution in [-0.2, 0) is 0 Å². The normalized spacial score (nSPS) is 23.5. The predicted octanol–water partition coefficient (Wildman–Crippen LogP) is 1.68. The first kappa shape index (κ1) is 16.4. The Morgan fingerprint density at radius 3 is 2.74 bits per heavy atom. The second kappa shape index (κ2) is 7.84. The largest absolute Gasteiger partial charge is 0.308 e. The third-order valence-corrected chi connectivity index (χ3v) is 4.42. The number of hydrogen-bond acceptors (Lipinski definition) is 4. The zero-order chi connectivity index (χ0) is 14.3. The molecular formula is C15H30N4. The number of nitriles is 1. The first-order valence-corrected chi connectivity index (χ1v) is 7.56. The zero-order valence-electron chi connectivity index (χ0n) is 13.1. The van der Waals surface area contributed by atoms with Gasteiger partial charge in [-0.3, -0.25) is 4.90 Å². The molecule has 0 aromatic carbocycles. The van der Waals surface area contributed by atoms with Gasteiger partial charge in [0.1, 0.15) is 5.54 Å². The lowest BCUT2D eigenvalue weighted by Crippen LogP contribution is -2.42. The first-order valence-electron chi connectivity index (χ1n) is 7.56. The van der Waals surface area contributed by atoms with Crippen molar-refractivity contribution < 1.29 is 0 Å². The number of nitrogens with one attached hydrogen (secondary N) is 1. The van der Waals surface area contributed by atoms with E-state index in [9.17, 15) is 5.26 Å². The highest BCUT2D eigenvalue weighted by Crippen LogP contribution is 2.21. The third kappa shape index (κ3) is 4.76. The van der Waals surface area contributed by atoms with E-state index in [2.05, 4.69) is 42.2 Å². The molecule has 1 fully saturated rings. The Hall–Kier alpha value is -0.630. The number of hydrogen-bond donors (Lipinski definition) is 1. The average molecular weight is 266 g/mol. The minimum Gasteiger partial charge on any atom is -0.308 e. The summed E-state index contributed by atoms with van der Waals surface area (Å²) in [4.78, 5) is 4.88. The van der Waals surface area contributed by atoms with Crippen LogP contribution in [0.15, 0.2) is 0 Å². The van der Waals surface area contributed by atoms with Gasteiger partial charge in [-0.1, -0.05) is 6.92 Å². The molecule has 0 amide bonds. The summed E-state index contributed by atoms with van der Waals surface area (Å²) in [6.45, 7) is 5.60. The lowest BCUT2D eigenvalue weighted by atomic mass is 9.92. The number of likely N-dealkylation sites (tertiary alicyclic amines) is 1. The topological polar surface area (TPSA) is 42.3 Å². The van der Waals surface area contributed by atoms with E-state index in [-0.39, 0.29) is 5.54 Å². The van der Waals surface area contributed by atoms with Gasteiger partial charge in [-0.15, -0.1) is 0 Å². The summed E-state index contributed by atoms with van der Waals surface area (Å²) in [7, 11) is 6.20. The van der Waals surface area contributed by atoms with Crippen LogP contribution < -0.4 is 5.32 Å². The summed E-state index contributed by atoms with van der Waals surface area (Å²) >= 11 is 0. The molecule has 2 atom stereocenters. The zero-order valence-corrected chi connectivity index (χ0v) is 13.1. The van der Waals surface area contributed by atoms with E-state index in [0.717, 1.165) is 32.4 Å². The molecule has 110 valence electrons. The fourth-order valence-corrected chi connectivity index (χ4v) is 3.07. The maximum absolute atomic E-state index is 9.31.